The number of benzene rings is 1. The van der Waals surface area contributed by atoms with Gasteiger partial charge < -0.3 is 0 Å². The highest BCUT2D eigenvalue weighted by Gasteiger charge is 1.92. The second-order valence-corrected chi connectivity index (χ2v) is 2.40. The fourth-order valence-corrected chi connectivity index (χ4v) is 1.01. The molecule has 1 heterocycles. The van der Waals surface area contributed by atoms with Crippen molar-refractivity contribution in [1.82, 2.24) is 9.97 Å². The molecule has 0 aliphatic rings. The molecular weight excluding hydrogens is 136 g/mol. The molecule has 1 aromatic carbocycles. The van der Waals surface area contributed by atoms with Gasteiger partial charge in [-0.3, -0.25) is 0 Å². The molecule has 2 aromatic rings. The number of aromatic nitrogens is 2. The minimum Gasteiger partial charge on any atom is -0.241 e. The van der Waals surface area contributed by atoms with Crippen LogP contribution in [0.15, 0.2) is 24.4 Å². The first-order valence-corrected chi connectivity index (χ1v) is 3.46. The van der Waals surface area contributed by atoms with Crippen molar-refractivity contribution in [1.29, 1.82) is 0 Å². The standard InChI is InChI=1S/C9H7N2/c1-7-10-6-8-4-2-3-5-9(8)11-7/h2,4-6H,1H3. The Balaban J connectivity index is 2.83. The molecule has 0 unspecified atom stereocenters. The van der Waals surface area contributed by atoms with Crippen LogP contribution in [0.25, 0.3) is 10.9 Å². The quantitative estimate of drug-likeness (QED) is 0.561. The summed E-state index contributed by atoms with van der Waals surface area (Å²) >= 11 is 0. The third kappa shape index (κ3) is 1.07. The number of hydrogen-bond acceptors (Lipinski definition) is 2. The first kappa shape index (κ1) is 6.28. The third-order valence-corrected chi connectivity index (χ3v) is 1.55. The highest BCUT2D eigenvalue weighted by atomic mass is 14.9. The van der Waals surface area contributed by atoms with Crippen LogP contribution in [-0.2, 0) is 0 Å². The predicted molar refractivity (Wildman–Crippen MR) is 43.1 cm³/mol. The van der Waals surface area contributed by atoms with Gasteiger partial charge in [0.2, 0.25) is 0 Å². The van der Waals surface area contributed by atoms with Crippen LogP contribution in [0.1, 0.15) is 5.82 Å². The average Bonchev–Trinajstić information content (AvgIpc) is 2.04. The lowest BCUT2D eigenvalue weighted by Gasteiger charge is -1.94. The van der Waals surface area contributed by atoms with Crippen LogP contribution >= 0.6 is 0 Å². The van der Waals surface area contributed by atoms with Gasteiger partial charge in [-0.2, -0.15) is 0 Å². The summed E-state index contributed by atoms with van der Waals surface area (Å²) in [6, 6.07) is 8.65. The van der Waals surface area contributed by atoms with Gasteiger partial charge in [0.25, 0.3) is 0 Å². The molecule has 0 amide bonds. The van der Waals surface area contributed by atoms with E-state index in [0.29, 0.717) is 0 Å². The molecule has 1 radical (unpaired) electrons. The topological polar surface area (TPSA) is 25.8 Å². The molecule has 11 heavy (non-hydrogen) atoms. The van der Waals surface area contributed by atoms with Gasteiger partial charge in [0.15, 0.2) is 0 Å². The van der Waals surface area contributed by atoms with E-state index in [1.807, 2.05) is 31.3 Å². The van der Waals surface area contributed by atoms with Crippen molar-refractivity contribution in [2.45, 2.75) is 6.92 Å². The molecule has 2 heteroatoms. The van der Waals surface area contributed by atoms with Gasteiger partial charge in [0.1, 0.15) is 5.82 Å². The van der Waals surface area contributed by atoms with Gasteiger partial charge in [0, 0.05) is 11.6 Å². The van der Waals surface area contributed by atoms with Crippen molar-refractivity contribution in [3.05, 3.63) is 36.3 Å². The van der Waals surface area contributed by atoms with E-state index >= 15 is 0 Å². The maximum absolute atomic E-state index is 4.23. The summed E-state index contributed by atoms with van der Waals surface area (Å²) in [4.78, 5) is 8.32. The highest BCUT2D eigenvalue weighted by molar-refractivity contribution is 5.76. The van der Waals surface area contributed by atoms with E-state index in [2.05, 4.69) is 16.0 Å². The van der Waals surface area contributed by atoms with Gasteiger partial charge in [-0.25, -0.2) is 9.97 Å². The van der Waals surface area contributed by atoms with Gasteiger partial charge in [-0.05, 0) is 19.1 Å². The van der Waals surface area contributed by atoms with Crippen molar-refractivity contribution in [2.75, 3.05) is 0 Å². The molecule has 2 rings (SSSR count). The zero-order valence-electron chi connectivity index (χ0n) is 6.20. The van der Waals surface area contributed by atoms with Crippen LogP contribution in [0.4, 0.5) is 0 Å². The maximum atomic E-state index is 4.23. The summed E-state index contributed by atoms with van der Waals surface area (Å²) in [6.07, 6.45) is 1.82. The molecule has 0 bridgehead atoms. The summed E-state index contributed by atoms with van der Waals surface area (Å²) < 4.78 is 0. The smallest absolute Gasteiger partial charge is 0.125 e. The molecule has 53 valence electrons. The average molecular weight is 143 g/mol. The fourth-order valence-electron chi connectivity index (χ4n) is 1.01. The van der Waals surface area contributed by atoms with E-state index in [4.69, 9.17) is 0 Å². The molecule has 1 aromatic heterocycles. The number of fused-ring (bicyclic) bond motifs is 1. The lowest BCUT2D eigenvalue weighted by Crippen LogP contribution is -1.86. The lowest BCUT2D eigenvalue weighted by molar-refractivity contribution is 1.09. The molecule has 0 aliphatic heterocycles. The Kier molecular flexibility index (Phi) is 1.32. The van der Waals surface area contributed by atoms with E-state index in [9.17, 15) is 0 Å². The zero-order valence-corrected chi connectivity index (χ0v) is 6.20. The van der Waals surface area contributed by atoms with Crippen LogP contribution in [0.2, 0.25) is 0 Å². The summed E-state index contributed by atoms with van der Waals surface area (Å²) in [5.74, 6) is 0.803. The third-order valence-electron chi connectivity index (χ3n) is 1.55. The Hall–Kier alpha value is -1.44. The second-order valence-electron chi connectivity index (χ2n) is 2.40. The minimum atomic E-state index is 0.803. The summed E-state index contributed by atoms with van der Waals surface area (Å²) in [5.41, 5.74) is 0.958. The Labute approximate surface area is 64.9 Å². The first-order chi connectivity index (χ1) is 5.36. The van der Waals surface area contributed by atoms with E-state index < -0.39 is 0 Å². The van der Waals surface area contributed by atoms with Crippen LogP contribution < -0.4 is 0 Å². The van der Waals surface area contributed by atoms with E-state index in [1.165, 1.54) is 0 Å². The Bertz CT molecular complexity index is 382. The van der Waals surface area contributed by atoms with Gasteiger partial charge in [-0.1, -0.05) is 12.1 Å². The highest BCUT2D eigenvalue weighted by Crippen LogP contribution is 2.07. The molecule has 0 N–H and O–H groups in total. The minimum absolute atomic E-state index is 0.803. The fraction of sp³-hybridized carbons (Fsp3) is 0.111. The van der Waals surface area contributed by atoms with Gasteiger partial charge in [0.05, 0.1) is 5.52 Å². The first-order valence-electron chi connectivity index (χ1n) is 3.46. The van der Waals surface area contributed by atoms with E-state index in [-0.39, 0.29) is 0 Å². The molecule has 0 saturated heterocycles. The van der Waals surface area contributed by atoms with E-state index in [1.54, 1.807) is 0 Å². The molecule has 0 aliphatic carbocycles. The molecular formula is C9H7N2. The largest absolute Gasteiger partial charge is 0.241 e. The van der Waals surface area contributed by atoms with Crippen LogP contribution in [0.5, 0.6) is 0 Å². The number of hydrogen-bond donors (Lipinski definition) is 0. The van der Waals surface area contributed by atoms with Crippen LogP contribution in [0.3, 0.4) is 0 Å². The second kappa shape index (κ2) is 2.31. The van der Waals surface area contributed by atoms with Gasteiger partial charge >= 0.3 is 0 Å². The van der Waals surface area contributed by atoms with Crippen LogP contribution in [-0.4, -0.2) is 9.97 Å². The van der Waals surface area contributed by atoms with Crippen LogP contribution in [0, 0.1) is 13.0 Å². The molecule has 0 spiro atoms. The van der Waals surface area contributed by atoms with Gasteiger partial charge in [-0.15, -0.1) is 0 Å². The lowest BCUT2D eigenvalue weighted by atomic mass is 10.2. The number of rotatable bonds is 0. The van der Waals surface area contributed by atoms with E-state index in [0.717, 1.165) is 16.7 Å². The normalized spacial score (nSPS) is 10.3. The number of aryl methyl sites for hydroxylation is 1. The van der Waals surface area contributed by atoms with Crippen molar-refractivity contribution in [3.8, 4) is 0 Å². The summed E-state index contributed by atoms with van der Waals surface area (Å²) in [5, 5.41) is 1.06. The number of nitrogens with zero attached hydrogens (tertiary/aromatic N) is 2. The molecule has 0 fully saturated rings. The Morgan fingerprint density at radius 3 is 3.27 bits per heavy atom. The SMILES string of the molecule is Cc1ncc2cc[c]cc2n1. The summed E-state index contributed by atoms with van der Waals surface area (Å²) in [6.45, 7) is 1.88. The molecule has 0 atom stereocenters. The predicted octanol–water partition coefficient (Wildman–Crippen LogP) is 1.74. The zero-order chi connectivity index (χ0) is 7.68. The molecule has 2 nitrogen and oxygen atoms in total. The Morgan fingerprint density at radius 1 is 1.45 bits per heavy atom. The maximum Gasteiger partial charge on any atom is 0.125 e. The van der Waals surface area contributed by atoms with Crippen molar-refractivity contribution in [3.63, 3.8) is 0 Å². The van der Waals surface area contributed by atoms with Crippen molar-refractivity contribution >= 4 is 10.9 Å². The summed E-state index contributed by atoms with van der Waals surface area (Å²) in [7, 11) is 0. The monoisotopic (exact) mass is 143 g/mol. The van der Waals surface area contributed by atoms with Crippen molar-refractivity contribution in [2.24, 2.45) is 0 Å². The van der Waals surface area contributed by atoms with Crippen molar-refractivity contribution < 1.29 is 0 Å². The Morgan fingerprint density at radius 2 is 2.36 bits per heavy atom. The molecule has 0 saturated carbocycles.